The monoisotopic (exact) mass is 353 g/mol. The summed E-state index contributed by atoms with van der Waals surface area (Å²) < 4.78 is 10.3. The highest BCUT2D eigenvalue weighted by Crippen LogP contribution is 2.10. The van der Waals surface area contributed by atoms with E-state index in [9.17, 15) is 14.7 Å². The molecule has 0 saturated heterocycles. The number of amides is 1. The normalized spacial score (nSPS) is 15.0. The highest BCUT2D eigenvalue weighted by Gasteiger charge is 2.28. The number of rotatable bonds is 7. The van der Waals surface area contributed by atoms with E-state index in [-0.39, 0.29) is 6.42 Å². The second-order valence-corrected chi connectivity index (χ2v) is 6.78. The lowest BCUT2D eigenvalue weighted by Crippen LogP contribution is -2.47. The fraction of sp³-hybridized carbons (Fsp3) is 0.556. The molecule has 0 saturated carbocycles. The number of carbonyl (C=O) groups excluding carboxylic acids is 2. The van der Waals surface area contributed by atoms with Crippen molar-refractivity contribution in [1.82, 2.24) is 5.32 Å². The molecule has 0 radical (unpaired) electrons. The molecule has 0 fully saturated rings. The van der Waals surface area contributed by atoms with E-state index in [1.807, 2.05) is 30.3 Å². The van der Waals surface area contributed by atoms with Crippen LogP contribution >= 0.6 is 0 Å². The molecule has 0 unspecified atom stereocenters. The van der Waals surface area contributed by atoms with E-state index >= 15 is 0 Å². The molecule has 0 bridgehead atoms. The molecule has 7 heteroatoms. The molecule has 3 atom stereocenters. The largest absolute Gasteiger partial charge is 0.458 e. The van der Waals surface area contributed by atoms with E-state index < -0.39 is 42.5 Å². The van der Waals surface area contributed by atoms with Gasteiger partial charge in [0, 0.05) is 6.42 Å². The Balaban J connectivity index is 2.83. The minimum absolute atomic E-state index is 0.209. The summed E-state index contributed by atoms with van der Waals surface area (Å²) in [5, 5.41) is 21.0. The van der Waals surface area contributed by atoms with Crippen LogP contribution in [0.2, 0.25) is 0 Å². The zero-order chi connectivity index (χ0) is 19.0. The van der Waals surface area contributed by atoms with Crippen molar-refractivity contribution in [2.45, 2.75) is 58.0 Å². The molecule has 140 valence electrons. The summed E-state index contributed by atoms with van der Waals surface area (Å²) in [6, 6.07) is 8.15. The lowest BCUT2D eigenvalue weighted by atomic mass is 10.1. The molecule has 3 N–H and O–H groups in total. The van der Waals surface area contributed by atoms with Crippen molar-refractivity contribution in [1.29, 1.82) is 0 Å². The summed E-state index contributed by atoms with van der Waals surface area (Å²) >= 11 is 0. The fourth-order valence-corrected chi connectivity index (χ4v) is 1.99. The maximum atomic E-state index is 12.4. The van der Waals surface area contributed by atoms with Gasteiger partial charge in [0.05, 0.1) is 6.61 Å². The minimum atomic E-state index is -1.19. The predicted octanol–water partition coefficient (Wildman–Crippen LogP) is 1.41. The van der Waals surface area contributed by atoms with Crippen LogP contribution < -0.4 is 5.32 Å². The Morgan fingerprint density at radius 2 is 1.80 bits per heavy atom. The molecule has 1 aromatic carbocycles. The van der Waals surface area contributed by atoms with Crippen molar-refractivity contribution in [3.8, 4) is 0 Å². The van der Waals surface area contributed by atoms with Gasteiger partial charge in [-0.2, -0.15) is 0 Å². The van der Waals surface area contributed by atoms with E-state index in [2.05, 4.69) is 5.32 Å². The van der Waals surface area contributed by atoms with Crippen molar-refractivity contribution in [3.05, 3.63) is 35.9 Å². The summed E-state index contributed by atoms with van der Waals surface area (Å²) in [5.74, 6) is -0.713. The zero-order valence-corrected chi connectivity index (χ0v) is 15.1. The van der Waals surface area contributed by atoms with Crippen LogP contribution in [0.1, 0.15) is 33.3 Å². The molecule has 7 nitrogen and oxygen atoms in total. The Hall–Kier alpha value is -2.12. The average Bonchev–Trinajstić information content (AvgIpc) is 2.52. The van der Waals surface area contributed by atoms with Crippen molar-refractivity contribution in [2.24, 2.45) is 0 Å². The summed E-state index contributed by atoms with van der Waals surface area (Å²) in [4.78, 5) is 24.4. The molecule has 0 aromatic heterocycles. The van der Waals surface area contributed by atoms with Gasteiger partial charge in [-0.25, -0.2) is 9.59 Å². The van der Waals surface area contributed by atoms with Gasteiger partial charge in [-0.05, 0) is 33.3 Å². The number of esters is 1. The van der Waals surface area contributed by atoms with Crippen LogP contribution in [0.4, 0.5) is 4.79 Å². The van der Waals surface area contributed by atoms with Gasteiger partial charge < -0.3 is 25.0 Å². The lowest BCUT2D eigenvalue weighted by Gasteiger charge is -2.25. The first-order valence-electron chi connectivity index (χ1n) is 8.15. The Kier molecular flexibility index (Phi) is 7.86. The van der Waals surface area contributed by atoms with Crippen molar-refractivity contribution in [3.63, 3.8) is 0 Å². The zero-order valence-electron chi connectivity index (χ0n) is 15.1. The molecule has 1 aromatic rings. The molecule has 0 aliphatic heterocycles. The van der Waals surface area contributed by atoms with Crippen LogP contribution in [0, 0.1) is 0 Å². The Morgan fingerprint density at radius 3 is 2.32 bits per heavy atom. The van der Waals surface area contributed by atoms with Gasteiger partial charge >= 0.3 is 12.1 Å². The van der Waals surface area contributed by atoms with Crippen LogP contribution in [-0.2, 0) is 20.7 Å². The molecule has 1 rings (SSSR count). The summed E-state index contributed by atoms with van der Waals surface area (Å²) in [7, 11) is 0. The second-order valence-electron chi connectivity index (χ2n) is 6.78. The number of aliphatic hydroxyl groups excluding tert-OH is 2. The predicted molar refractivity (Wildman–Crippen MR) is 92.0 cm³/mol. The standard InChI is InChI=1S/C18H27NO6/c1-12(15(21)11-20)24-16(22)14(10-13-8-6-5-7-9-13)19-17(23)25-18(2,3)4/h5-9,12,14-15,20-21H,10-11H2,1-4H3,(H,19,23)/t12-,14+,15+/m0/s1. The van der Waals surface area contributed by atoms with E-state index in [0.717, 1.165) is 5.56 Å². The Morgan fingerprint density at radius 1 is 1.20 bits per heavy atom. The smallest absolute Gasteiger partial charge is 0.408 e. The molecule has 25 heavy (non-hydrogen) atoms. The molecule has 0 aliphatic rings. The molecular formula is C18H27NO6. The van der Waals surface area contributed by atoms with Crippen LogP contribution in [0.5, 0.6) is 0 Å². The quantitative estimate of drug-likeness (QED) is 0.640. The number of hydrogen-bond acceptors (Lipinski definition) is 6. The second kappa shape index (κ2) is 9.39. The van der Waals surface area contributed by atoms with Crippen LogP contribution in [0.15, 0.2) is 30.3 Å². The van der Waals surface area contributed by atoms with Crippen LogP contribution in [-0.4, -0.2) is 52.7 Å². The molecule has 0 aliphatic carbocycles. The van der Waals surface area contributed by atoms with E-state index in [0.29, 0.717) is 0 Å². The first-order valence-corrected chi connectivity index (χ1v) is 8.15. The highest BCUT2D eigenvalue weighted by atomic mass is 16.6. The van der Waals surface area contributed by atoms with Crippen molar-refractivity contribution < 1.29 is 29.3 Å². The minimum Gasteiger partial charge on any atom is -0.458 e. The number of carbonyl (C=O) groups is 2. The summed E-state index contributed by atoms with van der Waals surface area (Å²) in [6.45, 7) is 6.09. The number of benzene rings is 1. The average molecular weight is 353 g/mol. The van der Waals surface area contributed by atoms with Gasteiger partial charge in [0.2, 0.25) is 0 Å². The third-order valence-electron chi connectivity index (χ3n) is 3.29. The number of nitrogens with one attached hydrogen (secondary N) is 1. The van der Waals surface area contributed by atoms with Gasteiger partial charge in [-0.15, -0.1) is 0 Å². The van der Waals surface area contributed by atoms with Crippen molar-refractivity contribution in [2.75, 3.05) is 6.61 Å². The molecule has 0 spiro atoms. The summed E-state index contributed by atoms with van der Waals surface area (Å²) in [6.07, 6.45) is -2.62. The van der Waals surface area contributed by atoms with E-state index in [1.54, 1.807) is 20.8 Å². The number of alkyl carbamates (subject to hydrolysis) is 1. The van der Waals surface area contributed by atoms with E-state index in [1.165, 1.54) is 6.92 Å². The van der Waals surface area contributed by atoms with Crippen LogP contribution in [0.3, 0.4) is 0 Å². The number of aliphatic hydroxyl groups is 2. The fourth-order valence-electron chi connectivity index (χ4n) is 1.99. The van der Waals surface area contributed by atoms with Gasteiger partial charge in [-0.1, -0.05) is 30.3 Å². The Bertz CT molecular complexity index is 554. The number of ether oxygens (including phenoxy) is 2. The van der Waals surface area contributed by atoms with Gasteiger partial charge in [0.1, 0.15) is 23.9 Å². The first kappa shape index (κ1) is 20.9. The maximum absolute atomic E-state index is 12.4. The third-order valence-corrected chi connectivity index (χ3v) is 3.29. The third kappa shape index (κ3) is 8.00. The maximum Gasteiger partial charge on any atom is 0.408 e. The lowest BCUT2D eigenvalue weighted by molar-refractivity contribution is -0.157. The SMILES string of the molecule is C[C@H](OC(=O)[C@@H](Cc1ccccc1)NC(=O)OC(C)(C)C)[C@H](O)CO. The highest BCUT2D eigenvalue weighted by molar-refractivity contribution is 5.82. The molecule has 1 amide bonds. The van der Waals surface area contributed by atoms with Crippen molar-refractivity contribution >= 4 is 12.1 Å². The van der Waals surface area contributed by atoms with Gasteiger partial charge in [0.15, 0.2) is 0 Å². The summed E-state index contributed by atoms with van der Waals surface area (Å²) in [5.41, 5.74) is 0.127. The first-order chi connectivity index (χ1) is 11.6. The molecular weight excluding hydrogens is 326 g/mol. The van der Waals surface area contributed by atoms with Gasteiger partial charge in [-0.3, -0.25) is 0 Å². The Labute approximate surface area is 147 Å². The van der Waals surface area contributed by atoms with E-state index in [4.69, 9.17) is 14.6 Å². The van der Waals surface area contributed by atoms with Crippen LogP contribution in [0.25, 0.3) is 0 Å². The van der Waals surface area contributed by atoms with Gasteiger partial charge in [0.25, 0.3) is 0 Å². The number of hydrogen-bond donors (Lipinski definition) is 3. The topological polar surface area (TPSA) is 105 Å². The molecule has 0 heterocycles.